The molecule has 2 aromatic carbocycles. The van der Waals surface area contributed by atoms with Crippen LogP contribution in [0.3, 0.4) is 0 Å². The van der Waals surface area contributed by atoms with Crippen LogP contribution in [0.1, 0.15) is 11.1 Å². The molecule has 0 unspecified atom stereocenters. The van der Waals surface area contributed by atoms with Gasteiger partial charge < -0.3 is 15.4 Å². The summed E-state index contributed by atoms with van der Waals surface area (Å²) < 4.78 is 5.09. The lowest BCUT2D eigenvalue weighted by Gasteiger charge is -2.10. The molecule has 0 bridgehead atoms. The minimum Gasteiger partial charge on any atom is -0.495 e. The average Bonchev–Trinajstić information content (AvgIpc) is 2.55. The summed E-state index contributed by atoms with van der Waals surface area (Å²) in [6.45, 7) is 2.90. The maximum atomic E-state index is 11.9. The number of hydrogen-bond donors (Lipinski definition) is 2. The van der Waals surface area contributed by atoms with Crippen LogP contribution in [0, 0.1) is 6.92 Å². The molecule has 0 aliphatic heterocycles. The number of benzene rings is 2. The molecule has 0 atom stereocenters. The predicted octanol–water partition coefficient (Wildman–Crippen LogP) is 3.43. The van der Waals surface area contributed by atoms with E-state index in [9.17, 15) is 4.79 Å². The Morgan fingerprint density at radius 2 is 2.00 bits per heavy atom. The summed E-state index contributed by atoms with van der Waals surface area (Å²) in [5.74, 6) is 0.561. The molecule has 0 aromatic heterocycles. The first-order chi connectivity index (χ1) is 11.1. The molecule has 0 spiro atoms. The number of anilines is 1. The van der Waals surface area contributed by atoms with Crippen molar-refractivity contribution in [2.75, 3.05) is 25.5 Å². The van der Waals surface area contributed by atoms with Gasteiger partial charge in [0.15, 0.2) is 0 Å². The van der Waals surface area contributed by atoms with Gasteiger partial charge in [-0.3, -0.25) is 4.79 Å². The molecule has 0 radical (unpaired) electrons. The Kier molecular flexibility index (Phi) is 6.29. The molecule has 0 aliphatic rings. The minimum absolute atomic E-state index is 0.0504. The zero-order valence-corrected chi connectivity index (χ0v) is 14.1. The normalized spacial score (nSPS) is 10.2. The van der Waals surface area contributed by atoms with Crippen molar-refractivity contribution in [3.63, 3.8) is 0 Å². The van der Waals surface area contributed by atoms with Crippen LogP contribution in [-0.2, 0) is 11.2 Å². The molecule has 23 heavy (non-hydrogen) atoms. The SMILES string of the molecule is COc1ccc(NCC(=O)NCCc2ccccc2C)cc1Cl. The maximum absolute atomic E-state index is 11.9. The fraction of sp³-hybridized carbons (Fsp3) is 0.278. The highest BCUT2D eigenvalue weighted by molar-refractivity contribution is 6.32. The Bertz CT molecular complexity index is 674. The van der Waals surface area contributed by atoms with Gasteiger partial charge in [0.25, 0.3) is 0 Å². The summed E-state index contributed by atoms with van der Waals surface area (Å²) >= 11 is 6.05. The molecule has 0 saturated heterocycles. The second kappa shape index (κ2) is 8.44. The standard InChI is InChI=1S/C18H21ClN2O2/c1-13-5-3-4-6-14(13)9-10-20-18(22)12-21-15-7-8-17(23-2)16(19)11-15/h3-8,11,21H,9-10,12H2,1-2H3,(H,20,22). The van der Waals surface area contributed by atoms with Crippen LogP contribution in [0.15, 0.2) is 42.5 Å². The number of aryl methyl sites for hydroxylation is 1. The van der Waals surface area contributed by atoms with Gasteiger partial charge in [-0.25, -0.2) is 0 Å². The molecule has 0 heterocycles. The second-order valence-electron chi connectivity index (χ2n) is 5.23. The molecular formula is C18H21ClN2O2. The molecule has 4 nitrogen and oxygen atoms in total. The van der Waals surface area contributed by atoms with E-state index in [1.807, 2.05) is 18.2 Å². The number of halogens is 1. The van der Waals surface area contributed by atoms with Crippen molar-refractivity contribution >= 4 is 23.2 Å². The smallest absolute Gasteiger partial charge is 0.239 e. The van der Waals surface area contributed by atoms with Gasteiger partial charge in [-0.1, -0.05) is 35.9 Å². The highest BCUT2D eigenvalue weighted by Crippen LogP contribution is 2.26. The Hall–Kier alpha value is -2.20. The summed E-state index contributed by atoms with van der Waals surface area (Å²) in [7, 11) is 1.57. The van der Waals surface area contributed by atoms with Crippen molar-refractivity contribution in [1.29, 1.82) is 0 Å². The highest BCUT2D eigenvalue weighted by atomic mass is 35.5. The summed E-state index contributed by atoms with van der Waals surface area (Å²) in [6, 6.07) is 13.5. The largest absolute Gasteiger partial charge is 0.495 e. The Morgan fingerprint density at radius 3 is 2.70 bits per heavy atom. The van der Waals surface area contributed by atoms with E-state index in [-0.39, 0.29) is 12.5 Å². The van der Waals surface area contributed by atoms with E-state index in [1.54, 1.807) is 19.2 Å². The van der Waals surface area contributed by atoms with Gasteiger partial charge in [0.2, 0.25) is 5.91 Å². The zero-order valence-electron chi connectivity index (χ0n) is 13.4. The van der Waals surface area contributed by atoms with Crippen LogP contribution in [-0.4, -0.2) is 26.1 Å². The first-order valence-corrected chi connectivity index (χ1v) is 7.86. The third-order valence-corrected chi connectivity index (χ3v) is 3.88. The minimum atomic E-state index is -0.0504. The van der Waals surface area contributed by atoms with Gasteiger partial charge in [0.05, 0.1) is 18.7 Å². The fourth-order valence-corrected chi connectivity index (χ4v) is 2.51. The van der Waals surface area contributed by atoms with Gasteiger partial charge in [-0.15, -0.1) is 0 Å². The van der Waals surface area contributed by atoms with Crippen molar-refractivity contribution in [3.05, 3.63) is 58.6 Å². The number of amides is 1. The Morgan fingerprint density at radius 1 is 1.22 bits per heavy atom. The first kappa shape index (κ1) is 17.2. The number of carbonyl (C=O) groups is 1. The fourth-order valence-electron chi connectivity index (χ4n) is 2.25. The van der Waals surface area contributed by atoms with Crippen LogP contribution < -0.4 is 15.4 Å². The number of rotatable bonds is 7. The summed E-state index contributed by atoms with van der Waals surface area (Å²) in [5, 5.41) is 6.46. The molecule has 5 heteroatoms. The van der Waals surface area contributed by atoms with Crippen LogP contribution in [0.2, 0.25) is 5.02 Å². The first-order valence-electron chi connectivity index (χ1n) is 7.49. The maximum Gasteiger partial charge on any atom is 0.239 e. The topological polar surface area (TPSA) is 50.4 Å². The van der Waals surface area contributed by atoms with Crippen molar-refractivity contribution in [1.82, 2.24) is 5.32 Å². The van der Waals surface area contributed by atoms with E-state index < -0.39 is 0 Å². The molecule has 122 valence electrons. The molecule has 2 N–H and O–H groups in total. The van der Waals surface area contributed by atoms with Crippen LogP contribution in [0.5, 0.6) is 5.75 Å². The van der Waals surface area contributed by atoms with E-state index in [1.165, 1.54) is 11.1 Å². The molecule has 1 amide bonds. The summed E-state index contributed by atoms with van der Waals surface area (Å²) in [4.78, 5) is 11.9. The zero-order chi connectivity index (χ0) is 16.7. The Balaban J connectivity index is 1.75. The molecule has 0 fully saturated rings. The summed E-state index contributed by atoms with van der Waals surface area (Å²) in [5.41, 5.74) is 3.28. The average molecular weight is 333 g/mol. The van der Waals surface area contributed by atoms with Gasteiger partial charge in [0.1, 0.15) is 5.75 Å². The molecule has 2 rings (SSSR count). The third kappa shape index (κ3) is 5.18. The predicted molar refractivity (Wildman–Crippen MR) is 94.4 cm³/mol. The quantitative estimate of drug-likeness (QED) is 0.816. The lowest BCUT2D eigenvalue weighted by molar-refractivity contribution is -0.119. The summed E-state index contributed by atoms with van der Waals surface area (Å²) in [6.07, 6.45) is 0.826. The van der Waals surface area contributed by atoms with Crippen molar-refractivity contribution in [2.45, 2.75) is 13.3 Å². The molecule has 2 aromatic rings. The number of carbonyl (C=O) groups excluding carboxylic acids is 1. The number of ether oxygens (including phenoxy) is 1. The number of nitrogens with one attached hydrogen (secondary N) is 2. The van der Waals surface area contributed by atoms with E-state index in [0.717, 1.165) is 12.1 Å². The van der Waals surface area contributed by atoms with E-state index >= 15 is 0 Å². The molecular weight excluding hydrogens is 312 g/mol. The molecule has 0 saturated carbocycles. The van der Waals surface area contributed by atoms with Crippen molar-refractivity contribution in [2.24, 2.45) is 0 Å². The number of hydrogen-bond acceptors (Lipinski definition) is 3. The molecule has 0 aliphatic carbocycles. The van der Waals surface area contributed by atoms with Gasteiger partial charge in [-0.05, 0) is 42.7 Å². The highest BCUT2D eigenvalue weighted by Gasteiger charge is 2.04. The van der Waals surface area contributed by atoms with Crippen LogP contribution in [0.25, 0.3) is 0 Å². The third-order valence-electron chi connectivity index (χ3n) is 3.58. The van der Waals surface area contributed by atoms with E-state index in [4.69, 9.17) is 16.3 Å². The lowest BCUT2D eigenvalue weighted by Crippen LogP contribution is -2.31. The van der Waals surface area contributed by atoms with Gasteiger partial charge >= 0.3 is 0 Å². The van der Waals surface area contributed by atoms with E-state index in [0.29, 0.717) is 17.3 Å². The van der Waals surface area contributed by atoms with Crippen LogP contribution >= 0.6 is 11.6 Å². The van der Waals surface area contributed by atoms with Crippen molar-refractivity contribution < 1.29 is 9.53 Å². The number of methoxy groups -OCH3 is 1. The van der Waals surface area contributed by atoms with Gasteiger partial charge in [-0.2, -0.15) is 0 Å². The second-order valence-corrected chi connectivity index (χ2v) is 5.64. The van der Waals surface area contributed by atoms with E-state index in [2.05, 4.69) is 29.7 Å². The Labute approximate surface area is 141 Å². The van der Waals surface area contributed by atoms with Crippen molar-refractivity contribution in [3.8, 4) is 5.75 Å². The van der Waals surface area contributed by atoms with Gasteiger partial charge in [0, 0.05) is 12.2 Å². The monoisotopic (exact) mass is 332 g/mol. The lowest BCUT2D eigenvalue weighted by atomic mass is 10.1. The van der Waals surface area contributed by atoms with Crippen LogP contribution in [0.4, 0.5) is 5.69 Å².